The Bertz CT molecular complexity index is 422. The van der Waals surface area contributed by atoms with Crippen molar-refractivity contribution < 1.29 is 26.3 Å². The van der Waals surface area contributed by atoms with E-state index in [1.807, 2.05) is 0 Å². The first-order valence-electron chi connectivity index (χ1n) is 4.22. The summed E-state index contributed by atoms with van der Waals surface area (Å²) in [5, 5.41) is 0. The van der Waals surface area contributed by atoms with Crippen LogP contribution in [0.4, 0.5) is 26.3 Å². The van der Waals surface area contributed by atoms with Gasteiger partial charge in [0, 0.05) is 4.47 Å². The predicted molar refractivity (Wildman–Crippen MR) is 59.3 cm³/mol. The smallest absolute Gasteiger partial charge is 0.319 e. The van der Waals surface area contributed by atoms with Gasteiger partial charge in [-0.05, 0) is 17.7 Å². The van der Waals surface area contributed by atoms with E-state index in [2.05, 4.69) is 15.9 Å². The van der Waals surface area contributed by atoms with Crippen LogP contribution >= 0.6 is 28.3 Å². The molecule has 1 rings (SSSR count). The van der Waals surface area contributed by atoms with Crippen LogP contribution in [-0.4, -0.2) is 12.1 Å². The van der Waals surface area contributed by atoms with Crippen LogP contribution in [-0.2, 0) is 0 Å². The van der Waals surface area contributed by atoms with Crippen LogP contribution in [0.25, 0.3) is 0 Å². The fourth-order valence-corrected chi connectivity index (χ4v) is 1.72. The Balaban J connectivity index is 0.00000289. The van der Waals surface area contributed by atoms with Gasteiger partial charge in [-0.3, -0.25) is 0 Å². The molecular formula is C9H7BrClF6N. The van der Waals surface area contributed by atoms with E-state index < -0.39 is 29.5 Å². The number of alkyl halides is 5. The third-order valence-electron chi connectivity index (χ3n) is 2.07. The fourth-order valence-electron chi connectivity index (χ4n) is 1.13. The monoisotopic (exact) mass is 357 g/mol. The lowest BCUT2D eigenvalue weighted by Gasteiger charge is -2.26. The quantitative estimate of drug-likeness (QED) is 0.788. The summed E-state index contributed by atoms with van der Waals surface area (Å²) in [6, 6.07) is -0.296. The molecule has 2 N–H and O–H groups in total. The molecule has 0 fully saturated rings. The molecule has 1 aromatic carbocycles. The Morgan fingerprint density at radius 3 is 2.00 bits per heavy atom. The SMILES string of the molecule is Cl.N[C@H](c1ccc(F)cc1Br)C(F)(F)C(F)(F)F. The maximum atomic E-state index is 12.9. The molecule has 104 valence electrons. The molecular weight excluding hydrogens is 351 g/mol. The molecule has 0 bridgehead atoms. The van der Waals surface area contributed by atoms with Crippen molar-refractivity contribution in [2.45, 2.75) is 18.1 Å². The summed E-state index contributed by atoms with van der Waals surface area (Å²) < 4.78 is 74.5. The highest BCUT2D eigenvalue weighted by molar-refractivity contribution is 9.10. The summed E-state index contributed by atoms with van der Waals surface area (Å²) in [6.45, 7) is 0. The number of hydrogen-bond donors (Lipinski definition) is 1. The third kappa shape index (κ3) is 3.30. The Morgan fingerprint density at radius 1 is 1.11 bits per heavy atom. The van der Waals surface area contributed by atoms with E-state index in [4.69, 9.17) is 5.73 Å². The molecule has 0 aliphatic carbocycles. The van der Waals surface area contributed by atoms with Crippen molar-refractivity contribution >= 4 is 28.3 Å². The molecule has 0 saturated carbocycles. The number of rotatable bonds is 2. The fraction of sp³-hybridized carbons (Fsp3) is 0.333. The van der Waals surface area contributed by atoms with Crippen LogP contribution in [0, 0.1) is 5.82 Å². The summed E-state index contributed by atoms with van der Waals surface area (Å²) in [5.41, 5.74) is 4.37. The highest BCUT2D eigenvalue weighted by Crippen LogP contribution is 2.44. The maximum Gasteiger partial charge on any atom is 0.455 e. The van der Waals surface area contributed by atoms with Crippen LogP contribution in [0.15, 0.2) is 22.7 Å². The number of halogens is 8. The molecule has 0 heterocycles. The van der Waals surface area contributed by atoms with Gasteiger partial charge in [0.05, 0.1) is 0 Å². The first-order chi connectivity index (χ1) is 7.57. The molecule has 0 amide bonds. The molecule has 0 saturated heterocycles. The zero-order chi connectivity index (χ0) is 13.4. The molecule has 0 aliphatic rings. The van der Waals surface area contributed by atoms with Crippen molar-refractivity contribution in [2.24, 2.45) is 5.73 Å². The van der Waals surface area contributed by atoms with Crippen LogP contribution in [0.3, 0.4) is 0 Å². The summed E-state index contributed by atoms with van der Waals surface area (Å²) in [6.07, 6.45) is -5.76. The lowest BCUT2D eigenvalue weighted by molar-refractivity contribution is -0.291. The van der Waals surface area contributed by atoms with E-state index in [9.17, 15) is 26.3 Å². The van der Waals surface area contributed by atoms with Gasteiger partial charge in [0.2, 0.25) is 0 Å². The second-order valence-electron chi connectivity index (χ2n) is 3.26. The van der Waals surface area contributed by atoms with Gasteiger partial charge in [0.1, 0.15) is 11.9 Å². The molecule has 0 unspecified atom stereocenters. The molecule has 0 aliphatic heterocycles. The summed E-state index contributed by atoms with van der Waals surface area (Å²) in [4.78, 5) is 0. The first-order valence-corrected chi connectivity index (χ1v) is 5.01. The minimum atomic E-state index is -5.76. The Labute approximate surface area is 113 Å². The topological polar surface area (TPSA) is 26.0 Å². The van der Waals surface area contributed by atoms with Crippen molar-refractivity contribution in [1.29, 1.82) is 0 Å². The Hall–Kier alpha value is -0.470. The van der Waals surface area contributed by atoms with Gasteiger partial charge in [-0.15, -0.1) is 12.4 Å². The van der Waals surface area contributed by atoms with Crippen molar-refractivity contribution in [2.75, 3.05) is 0 Å². The van der Waals surface area contributed by atoms with Crippen LogP contribution < -0.4 is 5.73 Å². The zero-order valence-electron chi connectivity index (χ0n) is 8.44. The molecule has 9 heteroatoms. The normalized spacial score (nSPS) is 14.0. The van der Waals surface area contributed by atoms with Gasteiger partial charge in [0.15, 0.2) is 0 Å². The lowest BCUT2D eigenvalue weighted by atomic mass is 10.0. The van der Waals surface area contributed by atoms with Crippen LogP contribution in [0.5, 0.6) is 0 Å². The van der Waals surface area contributed by atoms with Gasteiger partial charge in [-0.1, -0.05) is 22.0 Å². The molecule has 18 heavy (non-hydrogen) atoms. The third-order valence-corrected chi connectivity index (χ3v) is 2.75. The van der Waals surface area contributed by atoms with Gasteiger partial charge in [0.25, 0.3) is 0 Å². The summed E-state index contributed by atoms with van der Waals surface area (Å²) >= 11 is 2.69. The highest BCUT2D eigenvalue weighted by Gasteiger charge is 2.61. The Kier molecular flexibility index (Phi) is 5.52. The van der Waals surface area contributed by atoms with Crippen molar-refractivity contribution in [3.05, 3.63) is 34.1 Å². The van der Waals surface area contributed by atoms with Gasteiger partial charge in [-0.2, -0.15) is 22.0 Å². The first kappa shape index (κ1) is 17.5. The van der Waals surface area contributed by atoms with Crippen LogP contribution in [0.1, 0.15) is 11.6 Å². The van der Waals surface area contributed by atoms with Crippen molar-refractivity contribution in [1.82, 2.24) is 0 Å². The molecule has 0 aromatic heterocycles. The van der Waals surface area contributed by atoms with Crippen molar-refractivity contribution in [3.63, 3.8) is 0 Å². The average Bonchev–Trinajstić information content (AvgIpc) is 2.14. The number of nitrogens with two attached hydrogens (primary N) is 1. The summed E-state index contributed by atoms with van der Waals surface area (Å²) in [5.74, 6) is -5.86. The van der Waals surface area contributed by atoms with Gasteiger partial charge in [-0.25, -0.2) is 4.39 Å². The Morgan fingerprint density at radius 2 is 1.61 bits per heavy atom. The minimum absolute atomic E-state index is 0. The van der Waals surface area contributed by atoms with Crippen molar-refractivity contribution in [3.8, 4) is 0 Å². The molecule has 1 atom stereocenters. The van der Waals surface area contributed by atoms with E-state index in [1.165, 1.54) is 0 Å². The molecule has 0 radical (unpaired) electrons. The number of benzene rings is 1. The van der Waals surface area contributed by atoms with Crippen LogP contribution in [0.2, 0.25) is 0 Å². The molecule has 1 nitrogen and oxygen atoms in total. The molecule has 0 spiro atoms. The number of hydrogen-bond acceptors (Lipinski definition) is 1. The van der Waals surface area contributed by atoms with E-state index in [0.29, 0.717) is 0 Å². The van der Waals surface area contributed by atoms with E-state index in [-0.39, 0.29) is 16.9 Å². The average molecular weight is 359 g/mol. The zero-order valence-corrected chi connectivity index (χ0v) is 10.8. The summed E-state index contributed by atoms with van der Waals surface area (Å²) in [7, 11) is 0. The second-order valence-corrected chi connectivity index (χ2v) is 4.12. The van der Waals surface area contributed by atoms with Gasteiger partial charge >= 0.3 is 12.1 Å². The standard InChI is InChI=1S/C9H6BrF6N.ClH/c10-6-3-4(11)1-2-5(6)7(17)8(12,13)9(14,15)16;/h1-3,7H,17H2;1H/t7-;/m1./s1. The highest BCUT2D eigenvalue weighted by atomic mass is 79.9. The minimum Gasteiger partial charge on any atom is -0.319 e. The van der Waals surface area contributed by atoms with Gasteiger partial charge < -0.3 is 5.73 Å². The maximum absolute atomic E-state index is 12.9. The van der Waals surface area contributed by atoms with E-state index in [1.54, 1.807) is 0 Å². The second kappa shape index (κ2) is 5.66. The van der Waals surface area contributed by atoms with E-state index in [0.717, 1.165) is 18.2 Å². The lowest BCUT2D eigenvalue weighted by Crippen LogP contribution is -2.46. The predicted octanol–water partition coefficient (Wildman–Crippen LogP) is 4.21. The molecule has 1 aromatic rings. The van der Waals surface area contributed by atoms with E-state index >= 15 is 0 Å². The largest absolute Gasteiger partial charge is 0.455 e.